The van der Waals surface area contributed by atoms with Gasteiger partial charge in [0, 0.05) is 12.1 Å². The van der Waals surface area contributed by atoms with Crippen LogP contribution in [0.2, 0.25) is 0 Å². The standard InChI is InChI=1S/C12H24N2O2/c1-8(2)14(9(3)4)12(6,7-13)11(16)10(5)15/h8-11,15-16H,1-6H3. The molecule has 0 amide bonds. The highest BCUT2D eigenvalue weighted by Gasteiger charge is 2.43. The van der Waals surface area contributed by atoms with Crippen molar-refractivity contribution < 1.29 is 10.2 Å². The summed E-state index contributed by atoms with van der Waals surface area (Å²) in [7, 11) is 0. The largest absolute Gasteiger partial charge is 0.391 e. The molecule has 0 fully saturated rings. The Kier molecular flexibility index (Phi) is 5.40. The van der Waals surface area contributed by atoms with Crippen molar-refractivity contribution in [3.63, 3.8) is 0 Å². The molecule has 3 unspecified atom stereocenters. The number of rotatable bonds is 5. The third kappa shape index (κ3) is 2.94. The van der Waals surface area contributed by atoms with Crippen molar-refractivity contribution in [3.05, 3.63) is 0 Å². The minimum absolute atomic E-state index is 0.123. The maximum absolute atomic E-state index is 10.00. The molecule has 0 heterocycles. The minimum Gasteiger partial charge on any atom is -0.391 e. The highest BCUT2D eigenvalue weighted by atomic mass is 16.3. The van der Waals surface area contributed by atoms with Gasteiger partial charge in [-0.3, -0.25) is 4.90 Å². The van der Waals surface area contributed by atoms with Gasteiger partial charge in [0.1, 0.15) is 11.6 Å². The van der Waals surface area contributed by atoms with Gasteiger partial charge in [-0.15, -0.1) is 0 Å². The van der Waals surface area contributed by atoms with E-state index in [1.165, 1.54) is 6.92 Å². The van der Waals surface area contributed by atoms with Gasteiger partial charge in [-0.05, 0) is 41.5 Å². The molecular weight excluding hydrogens is 204 g/mol. The predicted molar refractivity (Wildman–Crippen MR) is 63.8 cm³/mol. The van der Waals surface area contributed by atoms with Gasteiger partial charge in [-0.2, -0.15) is 5.26 Å². The van der Waals surface area contributed by atoms with E-state index < -0.39 is 17.7 Å². The molecule has 4 heteroatoms. The van der Waals surface area contributed by atoms with E-state index in [0.29, 0.717) is 0 Å². The van der Waals surface area contributed by atoms with Crippen molar-refractivity contribution in [2.75, 3.05) is 0 Å². The average molecular weight is 228 g/mol. The van der Waals surface area contributed by atoms with E-state index in [9.17, 15) is 15.5 Å². The SMILES string of the molecule is CC(O)C(O)C(C)(C#N)N(C(C)C)C(C)C. The number of hydrogen-bond acceptors (Lipinski definition) is 4. The summed E-state index contributed by atoms with van der Waals surface area (Å²) < 4.78 is 0. The molecule has 0 spiro atoms. The summed E-state index contributed by atoms with van der Waals surface area (Å²) >= 11 is 0. The van der Waals surface area contributed by atoms with E-state index in [4.69, 9.17) is 0 Å². The van der Waals surface area contributed by atoms with Crippen LogP contribution in [0.1, 0.15) is 41.5 Å². The smallest absolute Gasteiger partial charge is 0.135 e. The first-order valence-corrected chi connectivity index (χ1v) is 5.74. The first-order valence-electron chi connectivity index (χ1n) is 5.74. The second-order valence-corrected chi connectivity index (χ2v) is 5.04. The lowest BCUT2D eigenvalue weighted by Crippen LogP contribution is -2.61. The fourth-order valence-electron chi connectivity index (χ4n) is 2.42. The second-order valence-electron chi connectivity index (χ2n) is 5.04. The Balaban J connectivity index is 5.29. The quantitative estimate of drug-likeness (QED) is 0.740. The van der Waals surface area contributed by atoms with E-state index in [0.717, 1.165) is 0 Å². The Labute approximate surface area is 98.5 Å². The maximum Gasteiger partial charge on any atom is 0.135 e. The zero-order valence-corrected chi connectivity index (χ0v) is 11.1. The van der Waals surface area contributed by atoms with Crippen molar-refractivity contribution in [3.8, 4) is 6.07 Å². The van der Waals surface area contributed by atoms with Gasteiger partial charge < -0.3 is 10.2 Å². The highest BCUT2D eigenvalue weighted by molar-refractivity contribution is 5.12. The first-order chi connectivity index (χ1) is 7.18. The summed E-state index contributed by atoms with van der Waals surface area (Å²) in [4.78, 5) is 1.92. The number of aliphatic hydroxyl groups is 2. The van der Waals surface area contributed by atoms with E-state index in [1.54, 1.807) is 6.92 Å². The van der Waals surface area contributed by atoms with Crippen LogP contribution in [0.25, 0.3) is 0 Å². The molecule has 0 aromatic carbocycles. The molecule has 0 aliphatic carbocycles. The van der Waals surface area contributed by atoms with Crippen LogP contribution in [0.4, 0.5) is 0 Å². The van der Waals surface area contributed by atoms with E-state index in [1.807, 2.05) is 32.6 Å². The average Bonchev–Trinajstić information content (AvgIpc) is 2.14. The Morgan fingerprint density at radius 3 is 1.62 bits per heavy atom. The number of nitriles is 1. The van der Waals surface area contributed by atoms with E-state index in [-0.39, 0.29) is 12.1 Å². The lowest BCUT2D eigenvalue weighted by molar-refractivity contribution is -0.0741. The van der Waals surface area contributed by atoms with E-state index in [2.05, 4.69) is 6.07 Å². The summed E-state index contributed by atoms with van der Waals surface area (Å²) in [5, 5.41) is 28.8. The topological polar surface area (TPSA) is 67.5 Å². The van der Waals surface area contributed by atoms with Crippen LogP contribution >= 0.6 is 0 Å². The van der Waals surface area contributed by atoms with Crippen LogP contribution in [0.5, 0.6) is 0 Å². The summed E-state index contributed by atoms with van der Waals surface area (Å²) in [5.74, 6) is 0. The van der Waals surface area contributed by atoms with Crippen LogP contribution in [-0.4, -0.2) is 44.9 Å². The van der Waals surface area contributed by atoms with Crippen molar-refractivity contribution in [1.82, 2.24) is 4.90 Å². The molecule has 94 valence electrons. The van der Waals surface area contributed by atoms with Crippen LogP contribution in [-0.2, 0) is 0 Å². The van der Waals surface area contributed by atoms with Crippen molar-refractivity contribution >= 4 is 0 Å². The van der Waals surface area contributed by atoms with E-state index >= 15 is 0 Å². The van der Waals surface area contributed by atoms with Crippen LogP contribution < -0.4 is 0 Å². The molecule has 0 aromatic rings. The summed E-state index contributed by atoms with van der Waals surface area (Å²) in [6.07, 6.45) is -2.01. The molecule has 0 bridgehead atoms. The molecule has 4 nitrogen and oxygen atoms in total. The fourth-order valence-corrected chi connectivity index (χ4v) is 2.42. The molecule has 0 saturated carbocycles. The van der Waals surface area contributed by atoms with Crippen molar-refractivity contribution in [1.29, 1.82) is 5.26 Å². The summed E-state index contributed by atoms with van der Waals surface area (Å²) in [6, 6.07) is 2.38. The summed E-state index contributed by atoms with van der Waals surface area (Å²) in [5.41, 5.74) is -1.07. The lowest BCUT2D eigenvalue weighted by atomic mass is 9.88. The molecule has 0 saturated heterocycles. The Morgan fingerprint density at radius 2 is 1.44 bits per heavy atom. The number of hydrogen-bond donors (Lipinski definition) is 2. The highest BCUT2D eigenvalue weighted by Crippen LogP contribution is 2.26. The fraction of sp³-hybridized carbons (Fsp3) is 0.917. The molecular formula is C12H24N2O2. The van der Waals surface area contributed by atoms with Gasteiger partial charge in [-0.25, -0.2) is 0 Å². The maximum atomic E-state index is 10.00. The molecule has 0 aliphatic rings. The monoisotopic (exact) mass is 228 g/mol. The molecule has 2 N–H and O–H groups in total. The third-order valence-electron chi connectivity index (χ3n) is 2.91. The lowest BCUT2D eigenvalue weighted by Gasteiger charge is -2.45. The molecule has 16 heavy (non-hydrogen) atoms. The van der Waals surface area contributed by atoms with Crippen LogP contribution in [0, 0.1) is 11.3 Å². The molecule has 0 aliphatic heterocycles. The minimum atomic E-state index is -1.08. The zero-order chi connectivity index (χ0) is 13.1. The normalized spacial score (nSPS) is 19.6. The Bertz CT molecular complexity index is 250. The van der Waals surface area contributed by atoms with Gasteiger partial charge in [0.05, 0.1) is 12.2 Å². The Hall–Kier alpha value is -0.630. The number of aliphatic hydroxyl groups excluding tert-OH is 2. The van der Waals surface area contributed by atoms with Crippen molar-refractivity contribution in [2.24, 2.45) is 0 Å². The summed E-state index contributed by atoms with van der Waals surface area (Å²) in [6.45, 7) is 11.1. The molecule has 0 aromatic heterocycles. The molecule has 3 atom stereocenters. The van der Waals surface area contributed by atoms with Crippen LogP contribution in [0.15, 0.2) is 0 Å². The van der Waals surface area contributed by atoms with Gasteiger partial charge >= 0.3 is 0 Å². The predicted octanol–water partition coefficient (Wildman–Crippen LogP) is 1.13. The second kappa shape index (κ2) is 5.62. The third-order valence-corrected chi connectivity index (χ3v) is 2.91. The molecule has 0 rings (SSSR count). The zero-order valence-electron chi connectivity index (χ0n) is 11.1. The van der Waals surface area contributed by atoms with Crippen LogP contribution in [0.3, 0.4) is 0 Å². The first kappa shape index (κ1) is 15.4. The van der Waals surface area contributed by atoms with Gasteiger partial charge in [-0.1, -0.05) is 0 Å². The Morgan fingerprint density at radius 1 is 1.06 bits per heavy atom. The van der Waals surface area contributed by atoms with Crippen molar-refractivity contribution in [2.45, 2.75) is 71.4 Å². The van der Waals surface area contributed by atoms with Gasteiger partial charge in [0.15, 0.2) is 0 Å². The molecule has 0 radical (unpaired) electrons. The van der Waals surface area contributed by atoms with Gasteiger partial charge in [0.25, 0.3) is 0 Å². The van der Waals surface area contributed by atoms with Gasteiger partial charge in [0.2, 0.25) is 0 Å². The number of nitrogens with zero attached hydrogens (tertiary/aromatic N) is 2.